The number of fused-ring (bicyclic) bond motifs is 1. The average molecular weight is 261 g/mol. The molecule has 2 heteroatoms. The first-order valence-electron chi connectivity index (χ1n) is 6.60. The molecule has 0 radical (unpaired) electrons. The van der Waals surface area contributed by atoms with Gasteiger partial charge in [0.2, 0.25) is 0 Å². The van der Waals surface area contributed by atoms with Gasteiger partial charge in [-0.15, -0.1) is 0 Å². The Morgan fingerprint density at radius 3 is 2.30 bits per heavy atom. The van der Waals surface area contributed by atoms with Crippen LogP contribution in [-0.2, 0) is 0 Å². The Hall–Kier alpha value is -2.61. The molecule has 0 atom stereocenters. The maximum absolute atomic E-state index is 12.0. The molecule has 3 rings (SSSR count). The van der Waals surface area contributed by atoms with Gasteiger partial charge in [0, 0.05) is 12.6 Å². The second-order valence-corrected chi connectivity index (χ2v) is 4.65. The first-order chi connectivity index (χ1) is 9.81. The zero-order chi connectivity index (χ0) is 13.9. The van der Waals surface area contributed by atoms with Gasteiger partial charge in [-0.3, -0.25) is 4.79 Å². The van der Waals surface area contributed by atoms with Gasteiger partial charge in [-0.2, -0.15) is 0 Å². The minimum Gasteiger partial charge on any atom is -0.355 e. The van der Waals surface area contributed by atoms with E-state index in [1.165, 1.54) is 5.39 Å². The summed E-state index contributed by atoms with van der Waals surface area (Å²) in [6.07, 6.45) is 0. The van der Waals surface area contributed by atoms with Crippen molar-refractivity contribution in [2.75, 3.05) is 7.05 Å². The van der Waals surface area contributed by atoms with Gasteiger partial charge in [-0.25, -0.2) is 0 Å². The van der Waals surface area contributed by atoms with E-state index in [1.54, 1.807) is 7.05 Å². The number of carbonyl (C=O) groups excluding carboxylic acids is 1. The Kier molecular flexibility index (Phi) is 3.21. The van der Waals surface area contributed by atoms with Gasteiger partial charge in [0.25, 0.3) is 5.91 Å². The molecule has 3 aromatic carbocycles. The van der Waals surface area contributed by atoms with Crippen molar-refractivity contribution in [1.82, 2.24) is 5.32 Å². The molecule has 1 N–H and O–H groups in total. The minimum atomic E-state index is -0.0615. The molecule has 1 amide bonds. The quantitative estimate of drug-likeness (QED) is 0.745. The van der Waals surface area contributed by atoms with E-state index in [1.807, 2.05) is 42.5 Å². The Morgan fingerprint density at radius 2 is 1.45 bits per heavy atom. The summed E-state index contributed by atoms with van der Waals surface area (Å²) in [6, 6.07) is 22.1. The van der Waals surface area contributed by atoms with E-state index in [9.17, 15) is 4.79 Å². The topological polar surface area (TPSA) is 29.1 Å². The van der Waals surface area contributed by atoms with Crippen LogP contribution in [0.1, 0.15) is 10.4 Å². The smallest absolute Gasteiger partial charge is 0.251 e. The molecule has 0 saturated carbocycles. The van der Waals surface area contributed by atoms with Crippen LogP contribution in [0.4, 0.5) is 0 Å². The molecule has 0 aliphatic rings. The molecule has 20 heavy (non-hydrogen) atoms. The van der Waals surface area contributed by atoms with E-state index >= 15 is 0 Å². The van der Waals surface area contributed by atoms with Gasteiger partial charge < -0.3 is 5.32 Å². The van der Waals surface area contributed by atoms with Crippen LogP contribution in [0.3, 0.4) is 0 Å². The van der Waals surface area contributed by atoms with Gasteiger partial charge >= 0.3 is 0 Å². The third kappa shape index (κ3) is 2.05. The zero-order valence-corrected chi connectivity index (χ0v) is 11.3. The predicted molar refractivity (Wildman–Crippen MR) is 82.8 cm³/mol. The summed E-state index contributed by atoms with van der Waals surface area (Å²) < 4.78 is 0. The zero-order valence-electron chi connectivity index (χ0n) is 11.3. The largest absolute Gasteiger partial charge is 0.355 e. The van der Waals surface area contributed by atoms with Crippen LogP contribution in [0, 0.1) is 0 Å². The summed E-state index contributed by atoms with van der Waals surface area (Å²) in [6.45, 7) is 0. The summed E-state index contributed by atoms with van der Waals surface area (Å²) in [5.41, 5.74) is 2.75. The number of amides is 1. The second kappa shape index (κ2) is 5.17. The lowest BCUT2D eigenvalue weighted by Gasteiger charge is -2.11. The molecule has 0 fully saturated rings. The Bertz CT molecular complexity index is 772. The summed E-state index contributed by atoms with van der Waals surface area (Å²) in [5, 5.41) is 5.04. The maximum Gasteiger partial charge on any atom is 0.251 e. The van der Waals surface area contributed by atoms with Crippen LogP contribution in [0.25, 0.3) is 21.9 Å². The lowest BCUT2D eigenvalue weighted by Crippen LogP contribution is -2.18. The number of rotatable bonds is 2. The molecule has 2 nitrogen and oxygen atoms in total. The molecule has 98 valence electrons. The van der Waals surface area contributed by atoms with E-state index in [0.29, 0.717) is 5.56 Å². The van der Waals surface area contributed by atoms with Gasteiger partial charge in [0.1, 0.15) is 0 Å². The second-order valence-electron chi connectivity index (χ2n) is 4.65. The lowest BCUT2D eigenvalue weighted by molar-refractivity contribution is 0.0964. The SMILES string of the molecule is CNC(=O)c1ccccc1-c1cccc2ccccc12. The van der Waals surface area contributed by atoms with E-state index in [-0.39, 0.29) is 5.91 Å². The van der Waals surface area contributed by atoms with E-state index in [2.05, 4.69) is 29.6 Å². The molecule has 0 bridgehead atoms. The van der Waals surface area contributed by atoms with Crippen LogP contribution >= 0.6 is 0 Å². The standard InChI is InChI=1S/C18H15NO/c1-19-18(20)17-11-5-4-10-16(17)15-12-6-8-13-7-2-3-9-14(13)15/h2-12H,1H3,(H,19,20). The maximum atomic E-state index is 12.0. The van der Waals surface area contributed by atoms with Crippen molar-refractivity contribution < 1.29 is 4.79 Å². The summed E-state index contributed by atoms with van der Waals surface area (Å²) in [7, 11) is 1.65. The highest BCUT2D eigenvalue weighted by atomic mass is 16.1. The van der Waals surface area contributed by atoms with Gasteiger partial charge in [0.15, 0.2) is 0 Å². The Balaban J connectivity index is 2.29. The fraction of sp³-hybridized carbons (Fsp3) is 0.0556. The summed E-state index contributed by atoms with van der Waals surface area (Å²) in [5.74, 6) is -0.0615. The fourth-order valence-electron chi connectivity index (χ4n) is 2.51. The Labute approximate surface area is 118 Å². The number of hydrogen-bond donors (Lipinski definition) is 1. The van der Waals surface area contributed by atoms with Crippen LogP contribution in [-0.4, -0.2) is 13.0 Å². The third-order valence-electron chi connectivity index (χ3n) is 3.48. The molecule has 0 spiro atoms. The van der Waals surface area contributed by atoms with Gasteiger partial charge in [-0.1, -0.05) is 60.7 Å². The molecule has 0 aliphatic carbocycles. The van der Waals surface area contributed by atoms with Crippen molar-refractivity contribution in [3.05, 3.63) is 72.3 Å². The summed E-state index contributed by atoms with van der Waals surface area (Å²) >= 11 is 0. The first kappa shape index (κ1) is 12.4. The molecule has 0 saturated heterocycles. The number of carbonyl (C=O) groups is 1. The average Bonchev–Trinajstić information content (AvgIpc) is 2.53. The van der Waals surface area contributed by atoms with Crippen LogP contribution < -0.4 is 5.32 Å². The minimum absolute atomic E-state index is 0.0615. The molecule has 0 heterocycles. The van der Waals surface area contributed by atoms with Crippen LogP contribution in [0.15, 0.2) is 66.7 Å². The third-order valence-corrected chi connectivity index (χ3v) is 3.48. The highest BCUT2D eigenvalue weighted by Crippen LogP contribution is 2.30. The number of nitrogens with one attached hydrogen (secondary N) is 1. The monoisotopic (exact) mass is 261 g/mol. The van der Waals surface area contributed by atoms with Crippen LogP contribution in [0.5, 0.6) is 0 Å². The van der Waals surface area contributed by atoms with Crippen LogP contribution in [0.2, 0.25) is 0 Å². The molecular weight excluding hydrogens is 246 g/mol. The highest BCUT2D eigenvalue weighted by Gasteiger charge is 2.12. The van der Waals surface area contributed by atoms with Gasteiger partial charge in [-0.05, 0) is 28.0 Å². The van der Waals surface area contributed by atoms with Crippen molar-refractivity contribution in [2.24, 2.45) is 0 Å². The van der Waals surface area contributed by atoms with E-state index < -0.39 is 0 Å². The Morgan fingerprint density at radius 1 is 0.800 bits per heavy atom. The first-order valence-corrected chi connectivity index (χ1v) is 6.60. The predicted octanol–water partition coefficient (Wildman–Crippen LogP) is 3.87. The summed E-state index contributed by atoms with van der Waals surface area (Å²) in [4.78, 5) is 12.0. The molecular formula is C18H15NO. The molecule has 0 unspecified atom stereocenters. The molecule has 0 aromatic heterocycles. The van der Waals surface area contributed by atoms with Crippen molar-refractivity contribution in [1.29, 1.82) is 0 Å². The lowest BCUT2D eigenvalue weighted by atomic mass is 9.94. The fourth-order valence-corrected chi connectivity index (χ4v) is 2.51. The van der Waals surface area contributed by atoms with E-state index in [0.717, 1.165) is 16.5 Å². The number of benzene rings is 3. The molecule has 0 aliphatic heterocycles. The van der Waals surface area contributed by atoms with Gasteiger partial charge in [0.05, 0.1) is 0 Å². The van der Waals surface area contributed by atoms with E-state index in [4.69, 9.17) is 0 Å². The van der Waals surface area contributed by atoms with Crippen molar-refractivity contribution in [2.45, 2.75) is 0 Å². The normalized spacial score (nSPS) is 10.4. The van der Waals surface area contributed by atoms with Crippen molar-refractivity contribution in [3.63, 3.8) is 0 Å². The highest BCUT2D eigenvalue weighted by molar-refractivity contribution is 6.05. The molecule has 3 aromatic rings. The number of hydrogen-bond acceptors (Lipinski definition) is 1. The van der Waals surface area contributed by atoms with Crippen molar-refractivity contribution >= 4 is 16.7 Å². The van der Waals surface area contributed by atoms with Crippen molar-refractivity contribution in [3.8, 4) is 11.1 Å².